The molecule has 1 aromatic carbocycles. The van der Waals surface area contributed by atoms with Crippen LogP contribution in [0.1, 0.15) is 6.42 Å². The van der Waals surface area contributed by atoms with E-state index in [1.165, 1.54) is 4.90 Å². The average molecular weight is 267 g/mol. The SMILES string of the molecule is O=C1O[C@H]2C[C@H]1N(C(=O)Nc1ccc(Cl)cc1)C2. The number of benzene rings is 1. The van der Waals surface area contributed by atoms with E-state index in [4.69, 9.17) is 16.3 Å². The van der Waals surface area contributed by atoms with Gasteiger partial charge in [0.05, 0.1) is 6.54 Å². The number of urea groups is 1. The van der Waals surface area contributed by atoms with Crippen LogP contribution in [-0.2, 0) is 9.53 Å². The van der Waals surface area contributed by atoms with Crippen molar-refractivity contribution in [3.8, 4) is 0 Å². The van der Waals surface area contributed by atoms with Crippen LogP contribution in [0.15, 0.2) is 24.3 Å². The highest BCUT2D eigenvalue weighted by Gasteiger charge is 2.48. The number of carbonyl (C=O) groups is 2. The van der Waals surface area contributed by atoms with Gasteiger partial charge in [-0.15, -0.1) is 0 Å². The number of esters is 1. The molecule has 0 saturated carbocycles. The molecule has 0 radical (unpaired) electrons. The lowest BCUT2D eigenvalue weighted by Gasteiger charge is -2.25. The highest BCUT2D eigenvalue weighted by atomic mass is 35.5. The lowest BCUT2D eigenvalue weighted by Crippen LogP contribution is -2.46. The number of amides is 2. The van der Waals surface area contributed by atoms with Gasteiger partial charge in [0.25, 0.3) is 0 Å². The molecule has 1 aromatic rings. The van der Waals surface area contributed by atoms with Crippen molar-refractivity contribution in [3.05, 3.63) is 29.3 Å². The number of nitrogens with one attached hydrogen (secondary N) is 1. The summed E-state index contributed by atoms with van der Waals surface area (Å²) in [6.07, 6.45) is 0.464. The van der Waals surface area contributed by atoms with Crippen molar-refractivity contribution in [1.29, 1.82) is 0 Å². The minimum absolute atomic E-state index is 0.140. The fourth-order valence-corrected chi connectivity index (χ4v) is 2.43. The van der Waals surface area contributed by atoms with Crippen LogP contribution >= 0.6 is 11.6 Å². The second-order valence-electron chi connectivity index (χ2n) is 4.40. The van der Waals surface area contributed by atoms with Gasteiger partial charge in [0.1, 0.15) is 12.1 Å². The minimum atomic E-state index is -0.428. The van der Waals surface area contributed by atoms with E-state index in [2.05, 4.69) is 5.32 Å². The van der Waals surface area contributed by atoms with Crippen LogP contribution in [0.4, 0.5) is 10.5 Å². The Morgan fingerprint density at radius 1 is 1.39 bits per heavy atom. The molecule has 3 rings (SSSR count). The van der Waals surface area contributed by atoms with Crippen molar-refractivity contribution in [1.82, 2.24) is 4.90 Å². The van der Waals surface area contributed by atoms with Crippen LogP contribution in [0.2, 0.25) is 5.02 Å². The zero-order valence-corrected chi connectivity index (χ0v) is 10.2. The van der Waals surface area contributed by atoms with E-state index < -0.39 is 6.04 Å². The van der Waals surface area contributed by atoms with Crippen LogP contribution in [0.25, 0.3) is 0 Å². The summed E-state index contributed by atoms with van der Waals surface area (Å²) in [4.78, 5) is 24.9. The van der Waals surface area contributed by atoms with Crippen LogP contribution in [0.3, 0.4) is 0 Å². The maximum absolute atomic E-state index is 12.0. The Hall–Kier alpha value is -1.75. The zero-order valence-electron chi connectivity index (χ0n) is 9.43. The molecule has 2 saturated heterocycles. The molecule has 2 heterocycles. The van der Waals surface area contributed by atoms with Gasteiger partial charge in [0.2, 0.25) is 0 Å². The number of likely N-dealkylation sites (tertiary alicyclic amines) is 1. The number of anilines is 1. The monoisotopic (exact) mass is 266 g/mol. The fourth-order valence-electron chi connectivity index (χ4n) is 2.30. The third kappa shape index (κ3) is 1.90. The average Bonchev–Trinajstić information content (AvgIpc) is 2.90. The van der Waals surface area contributed by atoms with Gasteiger partial charge >= 0.3 is 12.0 Å². The lowest BCUT2D eigenvalue weighted by atomic mass is 10.2. The summed E-state index contributed by atoms with van der Waals surface area (Å²) in [6, 6.07) is 6.12. The highest BCUT2D eigenvalue weighted by Crippen LogP contribution is 2.29. The summed E-state index contributed by atoms with van der Waals surface area (Å²) in [7, 11) is 0. The van der Waals surface area contributed by atoms with Gasteiger partial charge in [-0.1, -0.05) is 11.6 Å². The Morgan fingerprint density at radius 2 is 2.11 bits per heavy atom. The van der Waals surface area contributed by atoms with Crippen LogP contribution in [0.5, 0.6) is 0 Å². The molecule has 1 N–H and O–H groups in total. The fraction of sp³-hybridized carbons (Fsp3) is 0.333. The second kappa shape index (κ2) is 4.17. The Morgan fingerprint density at radius 3 is 2.72 bits per heavy atom. The van der Waals surface area contributed by atoms with E-state index in [1.807, 2.05) is 0 Å². The molecule has 94 valence electrons. The molecule has 5 nitrogen and oxygen atoms in total. The number of halogens is 1. The molecule has 18 heavy (non-hydrogen) atoms. The molecule has 2 fully saturated rings. The summed E-state index contributed by atoms with van der Waals surface area (Å²) in [6.45, 7) is 0.468. The molecule has 0 aliphatic carbocycles. The number of ether oxygens (including phenoxy) is 1. The Bertz CT molecular complexity index is 503. The first kappa shape index (κ1) is 11.3. The molecule has 2 amide bonds. The number of hydrogen-bond donors (Lipinski definition) is 1. The molecular weight excluding hydrogens is 256 g/mol. The summed E-state index contributed by atoms with van der Waals surface area (Å²) in [5.74, 6) is -0.308. The van der Waals surface area contributed by atoms with Crippen molar-refractivity contribution in [2.24, 2.45) is 0 Å². The van der Waals surface area contributed by atoms with E-state index in [0.717, 1.165) is 0 Å². The van der Waals surface area contributed by atoms with Crippen molar-refractivity contribution in [2.45, 2.75) is 18.6 Å². The Labute approximate surface area is 109 Å². The first-order valence-corrected chi connectivity index (χ1v) is 6.05. The number of hydrogen-bond acceptors (Lipinski definition) is 3. The van der Waals surface area contributed by atoms with E-state index in [9.17, 15) is 9.59 Å². The molecule has 0 unspecified atom stereocenters. The molecule has 2 bridgehead atoms. The second-order valence-corrected chi connectivity index (χ2v) is 4.84. The van der Waals surface area contributed by atoms with Gasteiger partial charge < -0.3 is 15.0 Å². The number of carbonyl (C=O) groups excluding carboxylic acids is 2. The van der Waals surface area contributed by atoms with Crippen LogP contribution in [0, 0.1) is 0 Å². The quantitative estimate of drug-likeness (QED) is 0.790. The summed E-state index contributed by atoms with van der Waals surface area (Å²) in [5.41, 5.74) is 0.653. The van der Waals surface area contributed by atoms with Gasteiger partial charge in [-0.25, -0.2) is 9.59 Å². The topological polar surface area (TPSA) is 58.6 Å². The Kier molecular flexibility index (Phi) is 2.63. The maximum atomic E-state index is 12.0. The number of morpholine rings is 1. The number of nitrogens with zero attached hydrogens (tertiary/aromatic N) is 1. The highest BCUT2D eigenvalue weighted by molar-refractivity contribution is 6.30. The van der Waals surface area contributed by atoms with E-state index >= 15 is 0 Å². The predicted molar refractivity (Wildman–Crippen MR) is 65.5 cm³/mol. The first-order valence-electron chi connectivity index (χ1n) is 5.67. The molecular formula is C12H11ClN2O3. The standard InChI is InChI=1S/C12H11ClN2O3/c13-7-1-3-8(4-2-7)14-12(17)15-6-9-5-10(15)11(16)18-9/h1-4,9-10H,5-6H2,(H,14,17)/t9-,10+/m0/s1. The largest absolute Gasteiger partial charge is 0.459 e. The van der Waals surface area contributed by atoms with Crippen molar-refractivity contribution in [2.75, 3.05) is 11.9 Å². The van der Waals surface area contributed by atoms with E-state index in [1.54, 1.807) is 24.3 Å². The Balaban J connectivity index is 1.69. The summed E-state index contributed by atoms with van der Waals surface area (Å²) >= 11 is 5.76. The van der Waals surface area contributed by atoms with Crippen LogP contribution in [-0.4, -0.2) is 35.6 Å². The summed E-state index contributed by atoms with van der Waals surface area (Å²) < 4.78 is 5.03. The predicted octanol–water partition coefficient (Wildman–Crippen LogP) is 1.87. The van der Waals surface area contributed by atoms with Gasteiger partial charge in [0.15, 0.2) is 0 Å². The van der Waals surface area contributed by atoms with Crippen molar-refractivity contribution < 1.29 is 14.3 Å². The molecule has 2 aliphatic heterocycles. The van der Waals surface area contributed by atoms with Crippen molar-refractivity contribution >= 4 is 29.3 Å². The minimum Gasteiger partial charge on any atom is -0.459 e. The van der Waals surface area contributed by atoms with E-state index in [0.29, 0.717) is 23.7 Å². The number of rotatable bonds is 1. The third-order valence-electron chi connectivity index (χ3n) is 3.17. The van der Waals surface area contributed by atoms with E-state index in [-0.39, 0.29) is 18.1 Å². The normalized spacial score (nSPS) is 25.2. The van der Waals surface area contributed by atoms with Gasteiger partial charge in [-0.05, 0) is 24.3 Å². The van der Waals surface area contributed by atoms with Gasteiger partial charge in [0, 0.05) is 17.1 Å². The molecule has 2 aliphatic rings. The molecule has 6 heteroatoms. The maximum Gasteiger partial charge on any atom is 0.329 e. The van der Waals surface area contributed by atoms with Gasteiger partial charge in [-0.3, -0.25) is 0 Å². The lowest BCUT2D eigenvalue weighted by molar-refractivity contribution is -0.149. The third-order valence-corrected chi connectivity index (χ3v) is 3.43. The zero-order chi connectivity index (χ0) is 12.7. The smallest absolute Gasteiger partial charge is 0.329 e. The summed E-state index contributed by atoms with van der Waals surface area (Å²) in [5, 5.41) is 3.35. The molecule has 2 atom stereocenters. The van der Waals surface area contributed by atoms with Gasteiger partial charge in [-0.2, -0.15) is 0 Å². The van der Waals surface area contributed by atoms with Crippen molar-refractivity contribution in [3.63, 3.8) is 0 Å². The first-order chi connectivity index (χ1) is 8.63. The molecule has 0 aromatic heterocycles. The number of fused-ring (bicyclic) bond motifs is 2. The molecule has 0 spiro atoms. The van der Waals surface area contributed by atoms with Crippen LogP contribution < -0.4 is 5.32 Å².